The Morgan fingerprint density at radius 1 is 1.33 bits per heavy atom. The van der Waals surface area contributed by atoms with E-state index in [1.165, 1.54) is 0 Å². The van der Waals surface area contributed by atoms with Crippen LogP contribution in [0.5, 0.6) is 0 Å². The summed E-state index contributed by atoms with van der Waals surface area (Å²) < 4.78 is 0. The second-order valence-corrected chi connectivity index (χ2v) is 3.58. The molecule has 0 unspecified atom stereocenters. The molecule has 1 amide bonds. The molecule has 0 radical (unpaired) electrons. The average molecular weight is 169 g/mol. The molecule has 0 bridgehead atoms. The SMILES string of the molecule is O=C(CNC1CNC1)NC1CC1. The van der Waals surface area contributed by atoms with E-state index in [2.05, 4.69) is 16.0 Å². The topological polar surface area (TPSA) is 53.2 Å². The van der Waals surface area contributed by atoms with E-state index >= 15 is 0 Å². The number of rotatable bonds is 4. The van der Waals surface area contributed by atoms with Crippen LogP contribution in [0.25, 0.3) is 0 Å². The molecule has 1 aliphatic carbocycles. The van der Waals surface area contributed by atoms with Gasteiger partial charge in [0.25, 0.3) is 0 Å². The monoisotopic (exact) mass is 169 g/mol. The number of nitrogens with one attached hydrogen (secondary N) is 3. The molecule has 1 saturated heterocycles. The van der Waals surface area contributed by atoms with E-state index < -0.39 is 0 Å². The third-order valence-electron chi connectivity index (χ3n) is 2.28. The molecular formula is C8H15N3O. The number of amides is 1. The van der Waals surface area contributed by atoms with Crippen molar-refractivity contribution in [3.8, 4) is 0 Å². The van der Waals surface area contributed by atoms with Gasteiger partial charge < -0.3 is 16.0 Å². The Hall–Kier alpha value is -0.610. The number of carbonyl (C=O) groups is 1. The molecule has 2 fully saturated rings. The van der Waals surface area contributed by atoms with Crippen LogP contribution in [0.1, 0.15) is 12.8 Å². The Bertz CT molecular complexity index is 175. The van der Waals surface area contributed by atoms with Crippen molar-refractivity contribution in [3.05, 3.63) is 0 Å². The molecule has 2 rings (SSSR count). The molecule has 3 N–H and O–H groups in total. The van der Waals surface area contributed by atoms with Crippen molar-refractivity contribution in [1.82, 2.24) is 16.0 Å². The van der Waals surface area contributed by atoms with Gasteiger partial charge in [-0.05, 0) is 12.8 Å². The number of carbonyl (C=O) groups excluding carboxylic acids is 1. The van der Waals surface area contributed by atoms with Crippen LogP contribution in [0.2, 0.25) is 0 Å². The van der Waals surface area contributed by atoms with E-state index in [4.69, 9.17) is 0 Å². The molecule has 2 aliphatic rings. The Kier molecular flexibility index (Phi) is 2.28. The normalized spacial score (nSPS) is 23.3. The van der Waals surface area contributed by atoms with Crippen molar-refractivity contribution in [1.29, 1.82) is 0 Å². The fraction of sp³-hybridized carbons (Fsp3) is 0.875. The molecule has 0 aromatic carbocycles. The van der Waals surface area contributed by atoms with Crippen molar-refractivity contribution < 1.29 is 4.79 Å². The number of hydrogen-bond acceptors (Lipinski definition) is 3. The van der Waals surface area contributed by atoms with Crippen molar-refractivity contribution in [2.75, 3.05) is 19.6 Å². The highest BCUT2D eigenvalue weighted by Gasteiger charge is 2.23. The average Bonchev–Trinajstić information content (AvgIpc) is 2.68. The van der Waals surface area contributed by atoms with Crippen molar-refractivity contribution in [2.45, 2.75) is 24.9 Å². The van der Waals surface area contributed by atoms with Crippen LogP contribution in [0.15, 0.2) is 0 Å². The maximum atomic E-state index is 11.1. The van der Waals surface area contributed by atoms with Crippen molar-refractivity contribution in [2.24, 2.45) is 0 Å². The summed E-state index contributed by atoms with van der Waals surface area (Å²) in [5.74, 6) is 0.143. The van der Waals surface area contributed by atoms with Crippen LogP contribution in [0.3, 0.4) is 0 Å². The Morgan fingerprint density at radius 2 is 2.08 bits per heavy atom. The highest BCUT2D eigenvalue weighted by molar-refractivity contribution is 5.78. The standard InChI is InChI=1S/C8H15N3O/c12-8(11-6-1-2-6)5-10-7-3-9-4-7/h6-7,9-10H,1-5H2,(H,11,12). The highest BCUT2D eigenvalue weighted by Crippen LogP contribution is 2.18. The first-order valence-electron chi connectivity index (χ1n) is 4.58. The second-order valence-electron chi connectivity index (χ2n) is 3.58. The van der Waals surface area contributed by atoms with Gasteiger partial charge in [0.15, 0.2) is 0 Å². The van der Waals surface area contributed by atoms with Gasteiger partial charge in [-0.15, -0.1) is 0 Å². The molecule has 12 heavy (non-hydrogen) atoms. The Morgan fingerprint density at radius 3 is 2.58 bits per heavy atom. The third kappa shape index (κ3) is 2.19. The molecule has 4 nitrogen and oxygen atoms in total. The molecule has 0 atom stereocenters. The summed E-state index contributed by atoms with van der Waals surface area (Å²) in [6.07, 6.45) is 2.33. The molecule has 0 spiro atoms. The molecule has 1 saturated carbocycles. The van der Waals surface area contributed by atoms with Gasteiger partial charge in [-0.1, -0.05) is 0 Å². The molecular weight excluding hydrogens is 154 g/mol. The summed E-state index contributed by atoms with van der Waals surface area (Å²) in [7, 11) is 0. The first-order valence-corrected chi connectivity index (χ1v) is 4.58. The Labute approximate surface area is 72.1 Å². The lowest BCUT2D eigenvalue weighted by Gasteiger charge is -2.27. The van der Waals surface area contributed by atoms with Gasteiger partial charge in [0.05, 0.1) is 6.54 Å². The lowest BCUT2D eigenvalue weighted by molar-refractivity contribution is -0.120. The van der Waals surface area contributed by atoms with Gasteiger partial charge in [-0.25, -0.2) is 0 Å². The van der Waals surface area contributed by atoms with Crippen LogP contribution in [0, 0.1) is 0 Å². The molecule has 1 aliphatic heterocycles. The fourth-order valence-electron chi connectivity index (χ4n) is 1.18. The van der Waals surface area contributed by atoms with Gasteiger partial charge in [-0.3, -0.25) is 4.79 Å². The summed E-state index contributed by atoms with van der Waals surface area (Å²) in [6, 6.07) is 0.994. The predicted octanol–water partition coefficient (Wildman–Crippen LogP) is -1.17. The maximum absolute atomic E-state index is 11.1. The zero-order valence-electron chi connectivity index (χ0n) is 7.10. The largest absolute Gasteiger partial charge is 0.352 e. The first-order chi connectivity index (χ1) is 5.84. The van der Waals surface area contributed by atoms with E-state index in [-0.39, 0.29) is 5.91 Å². The Balaban J connectivity index is 1.55. The summed E-state index contributed by atoms with van der Waals surface area (Å²) in [6.45, 7) is 2.47. The van der Waals surface area contributed by atoms with Crippen LogP contribution in [-0.2, 0) is 4.79 Å². The minimum atomic E-state index is 0.143. The second kappa shape index (κ2) is 3.41. The van der Waals surface area contributed by atoms with Crippen LogP contribution in [0.4, 0.5) is 0 Å². The quantitative estimate of drug-likeness (QED) is 0.497. The zero-order chi connectivity index (χ0) is 8.39. The molecule has 1 heterocycles. The molecule has 0 aromatic heterocycles. The van der Waals surface area contributed by atoms with Crippen molar-refractivity contribution in [3.63, 3.8) is 0 Å². The summed E-state index contributed by atoms with van der Waals surface area (Å²) >= 11 is 0. The van der Waals surface area contributed by atoms with Gasteiger partial charge in [0.1, 0.15) is 0 Å². The lowest BCUT2D eigenvalue weighted by Crippen LogP contribution is -2.57. The summed E-state index contributed by atoms with van der Waals surface area (Å²) in [5, 5.41) is 9.26. The van der Waals surface area contributed by atoms with E-state index in [0.717, 1.165) is 25.9 Å². The zero-order valence-corrected chi connectivity index (χ0v) is 7.10. The van der Waals surface area contributed by atoms with E-state index in [0.29, 0.717) is 18.6 Å². The fourth-order valence-corrected chi connectivity index (χ4v) is 1.18. The first kappa shape index (κ1) is 8.01. The highest BCUT2D eigenvalue weighted by atomic mass is 16.2. The third-order valence-corrected chi connectivity index (χ3v) is 2.28. The van der Waals surface area contributed by atoms with E-state index in [1.54, 1.807) is 0 Å². The van der Waals surface area contributed by atoms with Crippen molar-refractivity contribution >= 4 is 5.91 Å². The summed E-state index contributed by atoms with van der Waals surface area (Å²) in [5.41, 5.74) is 0. The van der Waals surface area contributed by atoms with Gasteiger partial charge in [-0.2, -0.15) is 0 Å². The van der Waals surface area contributed by atoms with Gasteiger partial charge in [0, 0.05) is 25.2 Å². The summed E-state index contributed by atoms with van der Waals surface area (Å²) in [4.78, 5) is 11.1. The van der Waals surface area contributed by atoms with Crippen LogP contribution in [-0.4, -0.2) is 37.6 Å². The predicted molar refractivity (Wildman–Crippen MR) is 45.8 cm³/mol. The lowest BCUT2D eigenvalue weighted by atomic mass is 10.2. The maximum Gasteiger partial charge on any atom is 0.234 e. The molecule has 0 aromatic rings. The molecule has 4 heteroatoms. The van der Waals surface area contributed by atoms with Crippen LogP contribution >= 0.6 is 0 Å². The van der Waals surface area contributed by atoms with Gasteiger partial charge >= 0.3 is 0 Å². The molecule has 68 valence electrons. The van der Waals surface area contributed by atoms with Gasteiger partial charge in [0.2, 0.25) is 5.91 Å². The minimum Gasteiger partial charge on any atom is -0.352 e. The smallest absolute Gasteiger partial charge is 0.234 e. The van der Waals surface area contributed by atoms with Crippen LogP contribution < -0.4 is 16.0 Å². The minimum absolute atomic E-state index is 0.143. The van der Waals surface area contributed by atoms with E-state index in [9.17, 15) is 4.79 Å². The number of hydrogen-bond donors (Lipinski definition) is 3. The van der Waals surface area contributed by atoms with E-state index in [1.807, 2.05) is 0 Å².